The maximum absolute atomic E-state index is 11.6. The van der Waals surface area contributed by atoms with E-state index >= 15 is 0 Å². The molecule has 6 nitrogen and oxygen atoms in total. The summed E-state index contributed by atoms with van der Waals surface area (Å²) in [6.45, 7) is 5.11. The molecule has 0 atom stereocenters. The fourth-order valence-electron chi connectivity index (χ4n) is 0.838. The molecule has 90 valence electrons. The van der Waals surface area contributed by atoms with Gasteiger partial charge in [0.05, 0.1) is 6.42 Å². The number of hydrogen-bond donors (Lipinski definition) is 2. The molecule has 0 amide bonds. The van der Waals surface area contributed by atoms with Gasteiger partial charge < -0.3 is 5.11 Å². The lowest BCUT2D eigenvalue weighted by Crippen LogP contribution is -2.47. The molecule has 0 saturated heterocycles. The molecule has 0 aliphatic heterocycles. The van der Waals surface area contributed by atoms with Crippen molar-refractivity contribution in [3.05, 3.63) is 0 Å². The summed E-state index contributed by atoms with van der Waals surface area (Å²) < 4.78 is 26.6. The number of hydrogen-bond acceptors (Lipinski definition) is 3. The molecule has 0 radical (unpaired) electrons. The Hall–Kier alpha value is -0.660. The van der Waals surface area contributed by atoms with E-state index in [0.717, 1.165) is 4.31 Å². The Morgan fingerprint density at radius 1 is 1.40 bits per heavy atom. The van der Waals surface area contributed by atoms with Crippen molar-refractivity contribution >= 4 is 16.2 Å². The summed E-state index contributed by atoms with van der Waals surface area (Å²) in [6.07, 6.45) is -0.207. The lowest BCUT2D eigenvalue weighted by molar-refractivity contribution is -0.137. The molecule has 0 aliphatic carbocycles. The van der Waals surface area contributed by atoms with Gasteiger partial charge in [0, 0.05) is 19.1 Å². The molecule has 0 heterocycles. The Morgan fingerprint density at radius 2 is 1.87 bits per heavy atom. The van der Waals surface area contributed by atoms with Crippen molar-refractivity contribution in [3.63, 3.8) is 0 Å². The second kappa shape index (κ2) is 4.91. The fourth-order valence-corrected chi connectivity index (χ4v) is 2.10. The van der Waals surface area contributed by atoms with Crippen LogP contribution in [0.25, 0.3) is 0 Å². The summed E-state index contributed by atoms with van der Waals surface area (Å²) in [4.78, 5) is 10.3. The van der Waals surface area contributed by atoms with Gasteiger partial charge in [-0.3, -0.25) is 4.79 Å². The number of nitrogens with one attached hydrogen (secondary N) is 1. The predicted molar refractivity (Wildman–Crippen MR) is 56.7 cm³/mol. The van der Waals surface area contributed by atoms with E-state index in [9.17, 15) is 13.2 Å². The lowest BCUT2D eigenvalue weighted by atomic mass is 10.1. The second-order valence-electron chi connectivity index (χ2n) is 4.32. The normalized spacial score (nSPS) is 13.1. The Labute approximate surface area is 90.5 Å². The first-order valence-electron chi connectivity index (χ1n) is 4.51. The van der Waals surface area contributed by atoms with Gasteiger partial charge in [-0.15, -0.1) is 0 Å². The summed E-state index contributed by atoms with van der Waals surface area (Å²) in [5.74, 6) is -1.02. The highest BCUT2D eigenvalue weighted by molar-refractivity contribution is 7.87. The van der Waals surface area contributed by atoms with Crippen LogP contribution in [-0.4, -0.2) is 42.9 Å². The zero-order valence-electron chi connectivity index (χ0n) is 9.44. The molecule has 0 aromatic rings. The molecule has 0 saturated carbocycles. The first-order valence-corrected chi connectivity index (χ1v) is 5.95. The molecule has 7 heteroatoms. The van der Waals surface area contributed by atoms with Crippen molar-refractivity contribution in [1.29, 1.82) is 0 Å². The minimum Gasteiger partial charge on any atom is -0.481 e. The standard InChI is InChI=1S/C8H18N2O4S/c1-8(2,3)9-15(13,14)10(4)6-5-7(11)12/h9H,5-6H2,1-4H3,(H,11,12). The summed E-state index contributed by atoms with van der Waals surface area (Å²) in [6, 6.07) is 0. The summed E-state index contributed by atoms with van der Waals surface area (Å²) in [5.41, 5.74) is -0.573. The first-order chi connectivity index (χ1) is 6.54. The summed E-state index contributed by atoms with van der Waals surface area (Å²) in [5, 5.41) is 8.42. The topological polar surface area (TPSA) is 86.7 Å². The van der Waals surface area contributed by atoms with Crippen LogP contribution in [0.1, 0.15) is 27.2 Å². The van der Waals surface area contributed by atoms with E-state index in [-0.39, 0.29) is 13.0 Å². The quantitative estimate of drug-likeness (QED) is 0.707. The average molecular weight is 238 g/mol. The van der Waals surface area contributed by atoms with Gasteiger partial charge in [0.25, 0.3) is 10.2 Å². The molecule has 15 heavy (non-hydrogen) atoms. The minimum absolute atomic E-state index is 0.0409. The maximum atomic E-state index is 11.6. The zero-order chi connectivity index (χ0) is 12.3. The van der Waals surface area contributed by atoms with Gasteiger partial charge in [0.1, 0.15) is 0 Å². The van der Waals surface area contributed by atoms with Crippen molar-refractivity contribution in [2.45, 2.75) is 32.7 Å². The van der Waals surface area contributed by atoms with Gasteiger partial charge in [-0.1, -0.05) is 0 Å². The van der Waals surface area contributed by atoms with E-state index in [1.165, 1.54) is 7.05 Å². The Bertz CT molecular complexity index is 318. The number of carbonyl (C=O) groups is 1. The van der Waals surface area contributed by atoms with Crippen molar-refractivity contribution in [2.75, 3.05) is 13.6 Å². The van der Waals surface area contributed by atoms with Gasteiger partial charge in [0.2, 0.25) is 0 Å². The highest BCUT2D eigenvalue weighted by atomic mass is 32.2. The maximum Gasteiger partial charge on any atom is 0.304 e. The van der Waals surface area contributed by atoms with E-state index in [0.29, 0.717) is 0 Å². The van der Waals surface area contributed by atoms with Crippen LogP contribution in [0.15, 0.2) is 0 Å². The van der Waals surface area contributed by atoms with Gasteiger partial charge in [-0.05, 0) is 20.8 Å². The number of rotatable bonds is 5. The van der Waals surface area contributed by atoms with Crippen molar-refractivity contribution in [2.24, 2.45) is 0 Å². The minimum atomic E-state index is -3.59. The third-order valence-corrected chi connectivity index (χ3v) is 3.36. The van der Waals surface area contributed by atoms with E-state index in [2.05, 4.69) is 4.72 Å². The molecule has 0 bridgehead atoms. The molecule has 0 rings (SSSR count). The Balaban J connectivity index is 4.40. The molecule has 0 fully saturated rings. The smallest absolute Gasteiger partial charge is 0.304 e. The molecule has 0 aromatic carbocycles. The van der Waals surface area contributed by atoms with E-state index in [1.807, 2.05) is 0 Å². The van der Waals surface area contributed by atoms with Crippen LogP contribution in [0.5, 0.6) is 0 Å². The average Bonchev–Trinajstić information content (AvgIpc) is 1.94. The molecule has 0 spiro atoms. The molecular weight excluding hydrogens is 220 g/mol. The van der Waals surface area contributed by atoms with Gasteiger partial charge in [-0.25, -0.2) is 0 Å². The SMILES string of the molecule is CN(CCC(=O)O)S(=O)(=O)NC(C)(C)C. The lowest BCUT2D eigenvalue weighted by Gasteiger charge is -2.24. The van der Waals surface area contributed by atoms with Crippen molar-refractivity contribution in [1.82, 2.24) is 9.03 Å². The summed E-state index contributed by atoms with van der Waals surface area (Å²) in [7, 11) is -2.25. The van der Waals surface area contributed by atoms with Crippen LogP contribution in [-0.2, 0) is 15.0 Å². The van der Waals surface area contributed by atoms with E-state index in [1.54, 1.807) is 20.8 Å². The summed E-state index contributed by atoms with van der Waals surface area (Å²) >= 11 is 0. The van der Waals surface area contributed by atoms with E-state index < -0.39 is 21.7 Å². The fraction of sp³-hybridized carbons (Fsp3) is 0.875. The molecule has 0 unspecified atom stereocenters. The number of nitrogens with zero attached hydrogens (tertiary/aromatic N) is 1. The molecule has 0 aromatic heterocycles. The molecular formula is C8H18N2O4S. The number of aliphatic carboxylic acids is 1. The Kier molecular flexibility index (Phi) is 4.69. The van der Waals surface area contributed by atoms with E-state index in [4.69, 9.17) is 5.11 Å². The molecule has 0 aliphatic rings. The molecule has 2 N–H and O–H groups in total. The highest BCUT2D eigenvalue weighted by Crippen LogP contribution is 2.05. The van der Waals surface area contributed by atoms with Crippen LogP contribution in [0, 0.1) is 0 Å². The monoisotopic (exact) mass is 238 g/mol. The zero-order valence-corrected chi connectivity index (χ0v) is 10.3. The van der Waals surface area contributed by atoms with Crippen molar-refractivity contribution < 1.29 is 18.3 Å². The van der Waals surface area contributed by atoms with Gasteiger partial charge >= 0.3 is 5.97 Å². The van der Waals surface area contributed by atoms with Crippen LogP contribution in [0.3, 0.4) is 0 Å². The van der Waals surface area contributed by atoms with Crippen LogP contribution < -0.4 is 4.72 Å². The third-order valence-electron chi connectivity index (χ3n) is 1.49. The predicted octanol–water partition coefficient (Wildman–Crippen LogP) is 0.0258. The third kappa shape index (κ3) is 6.43. The van der Waals surface area contributed by atoms with Gasteiger partial charge in [-0.2, -0.15) is 17.4 Å². The first kappa shape index (κ1) is 14.3. The second-order valence-corrected chi connectivity index (χ2v) is 6.10. The number of carboxylic acid groups (broad SMARTS) is 1. The largest absolute Gasteiger partial charge is 0.481 e. The highest BCUT2D eigenvalue weighted by Gasteiger charge is 2.24. The Morgan fingerprint density at radius 3 is 2.20 bits per heavy atom. The van der Waals surface area contributed by atoms with Crippen molar-refractivity contribution in [3.8, 4) is 0 Å². The number of carboxylic acids is 1. The van der Waals surface area contributed by atoms with Gasteiger partial charge in [0.15, 0.2) is 0 Å². The van der Waals surface area contributed by atoms with Crippen LogP contribution >= 0.6 is 0 Å². The van der Waals surface area contributed by atoms with Crippen LogP contribution in [0.4, 0.5) is 0 Å². The van der Waals surface area contributed by atoms with Crippen LogP contribution in [0.2, 0.25) is 0 Å².